The Bertz CT molecular complexity index is 832. The van der Waals surface area contributed by atoms with E-state index in [2.05, 4.69) is 17.4 Å². The molecule has 3 aromatic rings. The molecule has 1 aliphatic rings. The molecule has 0 unspecified atom stereocenters. The lowest BCUT2D eigenvalue weighted by Crippen LogP contribution is -2.22. The quantitative estimate of drug-likeness (QED) is 0.723. The van der Waals surface area contributed by atoms with Gasteiger partial charge in [-0.25, -0.2) is 0 Å². The molecule has 2 aromatic carbocycles. The first-order valence-corrected chi connectivity index (χ1v) is 9.91. The number of para-hydroxylation sites is 1. The number of hydrogen-bond acceptors (Lipinski definition) is 3. The van der Waals surface area contributed by atoms with Gasteiger partial charge < -0.3 is 9.73 Å². The van der Waals surface area contributed by atoms with Crippen LogP contribution >= 0.6 is 0 Å². The Balaban J connectivity index is 1.50. The molecule has 1 N–H and O–H groups in total. The van der Waals surface area contributed by atoms with Gasteiger partial charge in [-0.1, -0.05) is 30.3 Å². The van der Waals surface area contributed by atoms with Crippen LogP contribution in [0.1, 0.15) is 30.2 Å². The predicted molar refractivity (Wildman–Crippen MR) is 97.3 cm³/mol. The molecular formula is C20H21NO2S. The average molecular weight is 339 g/mol. The third-order valence-corrected chi connectivity index (χ3v) is 5.56. The second-order valence-electron chi connectivity index (χ2n) is 6.48. The second-order valence-corrected chi connectivity index (χ2v) is 7.86. The predicted octanol–water partition coefficient (Wildman–Crippen LogP) is 4.41. The van der Waals surface area contributed by atoms with Crippen molar-refractivity contribution in [2.45, 2.75) is 30.3 Å². The number of hydrogen-bond donors (Lipinski definition) is 1. The van der Waals surface area contributed by atoms with Gasteiger partial charge in [-0.2, -0.15) is 0 Å². The van der Waals surface area contributed by atoms with Gasteiger partial charge in [0.2, 0.25) is 0 Å². The van der Waals surface area contributed by atoms with Gasteiger partial charge in [0.05, 0.1) is 6.04 Å². The maximum atomic E-state index is 11.5. The smallest absolute Gasteiger partial charge is 0.134 e. The molecule has 0 amide bonds. The summed E-state index contributed by atoms with van der Waals surface area (Å²) in [6.07, 6.45) is 4.21. The van der Waals surface area contributed by atoms with E-state index >= 15 is 0 Å². The Morgan fingerprint density at radius 3 is 2.58 bits per heavy atom. The van der Waals surface area contributed by atoms with Crippen LogP contribution in [-0.2, 0) is 17.3 Å². The molecule has 124 valence electrons. The largest absolute Gasteiger partial charge is 0.459 e. The van der Waals surface area contributed by atoms with Gasteiger partial charge in [-0.05, 0) is 48.6 Å². The van der Waals surface area contributed by atoms with Crippen LogP contribution in [0.4, 0.5) is 0 Å². The number of fused-ring (bicyclic) bond motifs is 1. The summed E-state index contributed by atoms with van der Waals surface area (Å²) >= 11 is 0. The highest BCUT2D eigenvalue weighted by Gasteiger charge is 2.34. The molecule has 0 aliphatic heterocycles. The van der Waals surface area contributed by atoms with Gasteiger partial charge in [0, 0.05) is 33.9 Å². The van der Waals surface area contributed by atoms with Crippen molar-refractivity contribution < 1.29 is 8.63 Å². The fourth-order valence-electron chi connectivity index (χ4n) is 3.11. The van der Waals surface area contributed by atoms with E-state index < -0.39 is 10.8 Å². The summed E-state index contributed by atoms with van der Waals surface area (Å²) in [5.41, 5.74) is 2.15. The summed E-state index contributed by atoms with van der Waals surface area (Å²) in [6, 6.07) is 18.6. The topological polar surface area (TPSA) is 42.2 Å². The monoisotopic (exact) mass is 339 g/mol. The zero-order chi connectivity index (χ0) is 16.5. The van der Waals surface area contributed by atoms with Gasteiger partial charge in [-0.3, -0.25) is 4.21 Å². The maximum Gasteiger partial charge on any atom is 0.134 e. The average Bonchev–Trinajstić information content (AvgIpc) is 3.33. The van der Waals surface area contributed by atoms with Gasteiger partial charge >= 0.3 is 0 Å². The second kappa shape index (κ2) is 6.54. The van der Waals surface area contributed by atoms with Crippen molar-refractivity contribution in [2.24, 2.45) is 5.92 Å². The zero-order valence-electron chi connectivity index (χ0n) is 13.7. The van der Waals surface area contributed by atoms with Crippen LogP contribution in [0.15, 0.2) is 63.9 Å². The third kappa shape index (κ3) is 3.30. The fourth-order valence-corrected chi connectivity index (χ4v) is 3.63. The van der Waals surface area contributed by atoms with Gasteiger partial charge in [0.15, 0.2) is 0 Å². The van der Waals surface area contributed by atoms with Crippen molar-refractivity contribution in [3.05, 3.63) is 65.9 Å². The minimum absolute atomic E-state index is 0.261. The van der Waals surface area contributed by atoms with Gasteiger partial charge in [0.25, 0.3) is 0 Å². The van der Waals surface area contributed by atoms with E-state index in [4.69, 9.17) is 4.42 Å². The summed E-state index contributed by atoms with van der Waals surface area (Å²) in [5, 5.41) is 4.82. The van der Waals surface area contributed by atoms with E-state index in [0.29, 0.717) is 5.92 Å². The van der Waals surface area contributed by atoms with Crippen molar-refractivity contribution in [1.82, 2.24) is 5.32 Å². The van der Waals surface area contributed by atoms with Crippen LogP contribution in [0.5, 0.6) is 0 Å². The number of nitrogens with one attached hydrogen (secondary N) is 1. The Kier molecular flexibility index (Phi) is 4.25. The summed E-state index contributed by atoms with van der Waals surface area (Å²) in [5.74, 6) is 1.69. The normalized spacial score (nSPS) is 17.0. The first-order chi connectivity index (χ1) is 11.7. The Labute approximate surface area is 144 Å². The highest BCUT2D eigenvalue weighted by molar-refractivity contribution is 7.84. The molecule has 4 rings (SSSR count). The molecular weight excluding hydrogens is 318 g/mol. The van der Waals surface area contributed by atoms with Crippen LogP contribution < -0.4 is 5.32 Å². The van der Waals surface area contributed by atoms with Crippen molar-refractivity contribution >= 4 is 21.8 Å². The fraction of sp³-hybridized carbons (Fsp3) is 0.300. The lowest BCUT2D eigenvalue weighted by molar-refractivity contribution is 0.395. The highest BCUT2D eigenvalue weighted by Crippen LogP contribution is 2.42. The minimum Gasteiger partial charge on any atom is -0.459 e. The Morgan fingerprint density at radius 2 is 1.92 bits per heavy atom. The van der Waals surface area contributed by atoms with Crippen LogP contribution in [0.3, 0.4) is 0 Å². The van der Waals surface area contributed by atoms with Crippen LogP contribution in [0, 0.1) is 5.92 Å². The zero-order valence-corrected chi connectivity index (χ0v) is 14.5. The van der Waals surface area contributed by atoms with E-state index in [0.717, 1.165) is 28.2 Å². The van der Waals surface area contributed by atoms with Crippen molar-refractivity contribution in [3.63, 3.8) is 0 Å². The van der Waals surface area contributed by atoms with Gasteiger partial charge in [0.1, 0.15) is 11.3 Å². The summed E-state index contributed by atoms with van der Waals surface area (Å²) < 4.78 is 17.5. The maximum absolute atomic E-state index is 11.5. The lowest BCUT2D eigenvalue weighted by Gasteiger charge is -2.16. The molecule has 0 bridgehead atoms. The van der Waals surface area contributed by atoms with E-state index in [-0.39, 0.29) is 6.04 Å². The van der Waals surface area contributed by atoms with E-state index in [9.17, 15) is 4.21 Å². The first-order valence-electron chi connectivity index (χ1n) is 8.35. The molecule has 2 atom stereocenters. The Morgan fingerprint density at radius 1 is 1.17 bits per heavy atom. The standard InChI is InChI=1S/C20H21NO2S/c1-24(22)17-10-6-14(7-11-17)13-21-20(15-8-9-15)19-12-16-4-2-3-5-18(16)23-19/h2-7,10-12,15,20-21H,8-9,13H2,1H3/t20-,24+/m1/s1. The lowest BCUT2D eigenvalue weighted by atomic mass is 10.1. The minimum atomic E-state index is -0.921. The molecule has 0 saturated heterocycles. The Hall–Kier alpha value is -1.91. The molecule has 1 fully saturated rings. The van der Waals surface area contributed by atoms with Crippen LogP contribution in [0.25, 0.3) is 11.0 Å². The summed E-state index contributed by atoms with van der Waals surface area (Å²) in [7, 11) is -0.921. The number of benzene rings is 2. The molecule has 1 aliphatic carbocycles. The molecule has 24 heavy (non-hydrogen) atoms. The molecule has 0 spiro atoms. The molecule has 1 heterocycles. The number of furan rings is 1. The van der Waals surface area contributed by atoms with E-state index in [1.54, 1.807) is 6.26 Å². The third-order valence-electron chi connectivity index (χ3n) is 4.63. The SMILES string of the molecule is C[S@](=O)c1ccc(CN[C@@H](c2cc3ccccc3o2)C2CC2)cc1. The molecule has 0 radical (unpaired) electrons. The number of rotatable bonds is 6. The van der Waals surface area contributed by atoms with E-state index in [1.807, 2.05) is 42.5 Å². The van der Waals surface area contributed by atoms with Crippen molar-refractivity contribution in [1.29, 1.82) is 0 Å². The van der Waals surface area contributed by atoms with Crippen molar-refractivity contribution in [2.75, 3.05) is 6.26 Å². The van der Waals surface area contributed by atoms with E-state index in [1.165, 1.54) is 18.4 Å². The summed E-state index contributed by atoms with van der Waals surface area (Å²) in [4.78, 5) is 0.870. The molecule has 1 aromatic heterocycles. The summed E-state index contributed by atoms with van der Waals surface area (Å²) in [6.45, 7) is 0.787. The highest BCUT2D eigenvalue weighted by atomic mass is 32.2. The molecule has 3 nitrogen and oxygen atoms in total. The van der Waals surface area contributed by atoms with Crippen LogP contribution in [-0.4, -0.2) is 10.5 Å². The molecule has 4 heteroatoms. The van der Waals surface area contributed by atoms with Gasteiger partial charge in [-0.15, -0.1) is 0 Å². The first kappa shape index (κ1) is 15.6. The van der Waals surface area contributed by atoms with Crippen molar-refractivity contribution in [3.8, 4) is 0 Å². The van der Waals surface area contributed by atoms with Crippen LogP contribution in [0.2, 0.25) is 0 Å². The molecule has 1 saturated carbocycles.